The van der Waals surface area contributed by atoms with Crippen molar-refractivity contribution in [2.24, 2.45) is 10.2 Å². The number of aryl methyl sites for hydroxylation is 1. The van der Waals surface area contributed by atoms with Crippen molar-refractivity contribution in [3.8, 4) is 0 Å². The number of carbonyl (C=O) groups is 1. The highest BCUT2D eigenvalue weighted by Crippen LogP contribution is 2.28. The van der Waals surface area contributed by atoms with E-state index in [1.807, 2.05) is 37.3 Å². The number of nitrogens with zero attached hydrogens (tertiary/aromatic N) is 2. The predicted molar refractivity (Wildman–Crippen MR) is 103 cm³/mol. The molecular weight excluding hydrogens is 348 g/mol. The van der Waals surface area contributed by atoms with E-state index < -0.39 is 0 Å². The molecule has 0 bridgehead atoms. The second-order valence-electron chi connectivity index (χ2n) is 5.89. The Balaban J connectivity index is 1.98. The molecule has 0 aliphatic carbocycles. The molecule has 0 unspecified atom stereocenters. The Morgan fingerprint density at radius 1 is 1.00 bits per heavy atom. The third-order valence-corrected chi connectivity index (χ3v) is 4.05. The molecule has 0 fully saturated rings. The third kappa shape index (κ3) is 4.23. The standard InChI is InChI=1S/C21H17ClN2O2/c1-14-9-15(13-25)11-18(10-14)23-24-20-8-7-17(22)12-19(20)21(26)16-5-3-2-4-6-16/h2-12,25H,13H2,1H3. The van der Waals surface area contributed by atoms with Crippen LogP contribution >= 0.6 is 11.6 Å². The molecule has 3 aromatic carbocycles. The van der Waals surface area contributed by atoms with Crippen LogP contribution in [0.1, 0.15) is 27.0 Å². The number of hydrogen-bond acceptors (Lipinski definition) is 4. The Hall–Kier alpha value is -2.82. The predicted octanol–water partition coefficient (Wildman–Crippen LogP) is 5.79. The Morgan fingerprint density at radius 3 is 2.50 bits per heavy atom. The van der Waals surface area contributed by atoms with Gasteiger partial charge in [-0.1, -0.05) is 48.0 Å². The van der Waals surface area contributed by atoms with E-state index in [9.17, 15) is 9.90 Å². The van der Waals surface area contributed by atoms with Crippen LogP contribution in [-0.4, -0.2) is 10.9 Å². The summed E-state index contributed by atoms with van der Waals surface area (Å²) in [6.45, 7) is 1.85. The molecule has 3 rings (SSSR count). The van der Waals surface area contributed by atoms with Gasteiger partial charge < -0.3 is 5.11 Å². The molecule has 0 radical (unpaired) electrons. The van der Waals surface area contributed by atoms with Gasteiger partial charge in [0.1, 0.15) is 0 Å². The zero-order valence-corrected chi connectivity index (χ0v) is 14.9. The fourth-order valence-electron chi connectivity index (χ4n) is 2.62. The van der Waals surface area contributed by atoms with Gasteiger partial charge in [-0.3, -0.25) is 4.79 Å². The van der Waals surface area contributed by atoms with Crippen molar-refractivity contribution in [2.45, 2.75) is 13.5 Å². The largest absolute Gasteiger partial charge is 0.392 e. The average molecular weight is 365 g/mol. The van der Waals surface area contributed by atoms with E-state index >= 15 is 0 Å². The van der Waals surface area contributed by atoms with Gasteiger partial charge in [-0.25, -0.2) is 0 Å². The van der Waals surface area contributed by atoms with Crippen LogP contribution in [0.2, 0.25) is 5.02 Å². The normalized spacial score (nSPS) is 11.0. The second kappa shape index (κ2) is 8.04. The molecule has 0 saturated heterocycles. The van der Waals surface area contributed by atoms with Crippen LogP contribution in [0.15, 0.2) is 77.0 Å². The number of azo groups is 1. The fraction of sp³-hybridized carbons (Fsp3) is 0.0952. The van der Waals surface area contributed by atoms with Gasteiger partial charge >= 0.3 is 0 Å². The number of ketones is 1. The van der Waals surface area contributed by atoms with Crippen LogP contribution in [-0.2, 0) is 6.61 Å². The SMILES string of the molecule is Cc1cc(CO)cc(N=Nc2ccc(Cl)cc2C(=O)c2ccccc2)c1. The van der Waals surface area contributed by atoms with Gasteiger partial charge in [-0.15, -0.1) is 5.11 Å². The van der Waals surface area contributed by atoms with Gasteiger partial charge in [-0.2, -0.15) is 5.11 Å². The van der Waals surface area contributed by atoms with Crippen LogP contribution in [0, 0.1) is 6.92 Å². The van der Waals surface area contributed by atoms with Gasteiger partial charge in [0, 0.05) is 10.6 Å². The molecular formula is C21H17ClN2O2. The molecule has 0 aromatic heterocycles. The van der Waals surface area contributed by atoms with Crippen molar-refractivity contribution in [1.82, 2.24) is 0 Å². The van der Waals surface area contributed by atoms with Gasteiger partial charge in [0.15, 0.2) is 5.78 Å². The maximum Gasteiger partial charge on any atom is 0.195 e. The lowest BCUT2D eigenvalue weighted by molar-refractivity contribution is 0.103. The Kier molecular flexibility index (Phi) is 5.56. The van der Waals surface area contributed by atoms with Crippen molar-refractivity contribution in [2.75, 3.05) is 0 Å². The Labute approximate surface area is 156 Å². The number of aliphatic hydroxyl groups excluding tert-OH is 1. The Morgan fingerprint density at radius 2 is 1.77 bits per heavy atom. The highest BCUT2D eigenvalue weighted by molar-refractivity contribution is 6.31. The molecule has 0 amide bonds. The number of carbonyl (C=O) groups excluding carboxylic acids is 1. The van der Waals surface area contributed by atoms with E-state index in [0.717, 1.165) is 11.1 Å². The van der Waals surface area contributed by atoms with Crippen LogP contribution < -0.4 is 0 Å². The van der Waals surface area contributed by atoms with E-state index in [4.69, 9.17) is 11.6 Å². The summed E-state index contributed by atoms with van der Waals surface area (Å²) in [5.41, 5.74) is 3.74. The summed E-state index contributed by atoms with van der Waals surface area (Å²) in [5, 5.41) is 18.2. The van der Waals surface area contributed by atoms with E-state index in [-0.39, 0.29) is 12.4 Å². The van der Waals surface area contributed by atoms with E-state index in [1.165, 1.54) is 0 Å². The summed E-state index contributed by atoms with van der Waals surface area (Å²) >= 11 is 6.07. The number of rotatable bonds is 5. The van der Waals surface area contributed by atoms with Gasteiger partial charge in [0.25, 0.3) is 0 Å². The van der Waals surface area contributed by atoms with Crippen molar-refractivity contribution < 1.29 is 9.90 Å². The first-order chi connectivity index (χ1) is 12.6. The number of halogens is 1. The van der Waals surface area contributed by atoms with Crippen molar-refractivity contribution in [3.63, 3.8) is 0 Å². The summed E-state index contributed by atoms with van der Waals surface area (Å²) in [4.78, 5) is 12.8. The first-order valence-corrected chi connectivity index (χ1v) is 8.47. The maximum atomic E-state index is 12.8. The summed E-state index contributed by atoms with van der Waals surface area (Å²) in [5.74, 6) is -0.165. The Bertz CT molecular complexity index is 969. The maximum absolute atomic E-state index is 12.8. The fourth-order valence-corrected chi connectivity index (χ4v) is 2.80. The van der Waals surface area contributed by atoms with Gasteiger partial charge in [0.2, 0.25) is 0 Å². The highest BCUT2D eigenvalue weighted by atomic mass is 35.5. The summed E-state index contributed by atoms with van der Waals surface area (Å²) < 4.78 is 0. The lowest BCUT2D eigenvalue weighted by Crippen LogP contribution is -2.01. The third-order valence-electron chi connectivity index (χ3n) is 3.82. The summed E-state index contributed by atoms with van der Waals surface area (Å²) in [6, 6.07) is 19.4. The number of aliphatic hydroxyl groups is 1. The quantitative estimate of drug-likeness (QED) is 0.460. The molecule has 0 aliphatic heterocycles. The van der Waals surface area contributed by atoms with Crippen LogP contribution in [0.3, 0.4) is 0 Å². The molecule has 5 heteroatoms. The zero-order chi connectivity index (χ0) is 18.5. The lowest BCUT2D eigenvalue weighted by atomic mass is 10.0. The molecule has 3 aromatic rings. The minimum atomic E-state index is -0.165. The molecule has 1 N–H and O–H groups in total. The number of benzene rings is 3. The number of hydrogen-bond donors (Lipinski definition) is 1. The molecule has 130 valence electrons. The smallest absolute Gasteiger partial charge is 0.195 e. The molecule has 26 heavy (non-hydrogen) atoms. The molecule has 0 heterocycles. The topological polar surface area (TPSA) is 62.0 Å². The van der Waals surface area contributed by atoms with Crippen LogP contribution in [0.25, 0.3) is 0 Å². The zero-order valence-electron chi connectivity index (χ0n) is 14.2. The molecule has 0 atom stereocenters. The van der Waals surface area contributed by atoms with E-state index in [2.05, 4.69) is 10.2 Å². The molecule has 0 spiro atoms. The van der Waals surface area contributed by atoms with Crippen molar-refractivity contribution >= 4 is 28.8 Å². The molecule has 4 nitrogen and oxygen atoms in total. The van der Waals surface area contributed by atoms with Crippen LogP contribution in [0.4, 0.5) is 11.4 Å². The second-order valence-corrected chi connectivity index (χ2v) is 6.33. The lowest BCUT2D eigenvalue weighted by Gasteiger charge is -2.06. The first kappa shape index (κ1) is 18.0. The van der Waals surface area contributed by atoms with E-state index in [0.29, 0.717) is 27.5 Å². The summed E-state index contributed by atoms with van der Waals surface area (Å²) in [7, 11) is 0. The van der Waals surface area contributed by atoms with Crippen molar-refractivity contribution in [1.29, 1.82) is 0 Å². The van der Waals surface area contributed by atoms with E-state index in [1.54, 1.807) is 36.4 Å². The van der Waals surface area contributed by atoms with Gasteiger partial charge in [-0.05, 0) is 48.4 Å². The molecule has 0 aliphatic rings. The van der Waals surface area contributed by atoms with Crippen LogP contribution in [0.5, 0.6) is 0 Å². The summed E-state index contributed by atoms with van der Waals surface area (Å²) in [6.07, 6.45) is 0. The van der Waals surface area contributed by atoms with Gasteiger partial charge in [0.05, 0.1) is 23.5 Å². The molecule has 0 saturated carbocycles. The first-order valence-electron chi connectivity index (χ1n) is 8.09. The minimum Gasteiger partial charge on any atom is -0.392 e. The highest BCUT2D eigenvalue weighted by Gasteiger charge is 2.14. The van der Waals surface area contributed by atoms with Crippen molar-refractivity contribution in [3.05, 3.63) is 94.0 Å². The average Bonchev–Trinajstić information content (AvgIpc) is 2.66. The monoisotopic (exact) mass is 364 g/mol. The minimum absolute atomic E-state index is 0.0666.